The van der Waals surface area contributed by atoms with Gasteiger partial charge in [-0.1, -0.05) is 36.4 Å². The molecule has 0 bridgehead atoms. The highest BCUT2D eigenvalue weighted by Crippen LogP contribution is 2.25. The second-order valence-electron chi connectivity index (χ2n) is 7.13. The Hall–Kier alpha value is -2.86. The molecule has 1 atom stereocenters. The van der Waals surface area contributed by atoms with Crippen LogP contribution in [0.4, 0.5) is 5.69 Å². The molecule has 0 radical (unpaired) electrons. The van der Waals surface area contributed by atoms with Crippen molar-refractivity contribution in [2.75, 3.05) is 38.7 Å². The molecule has 0 spiro atoms. The zero-order valence-electron chi connectivity index (χ0n) is 16.4. The van der Waals surface area contributed by atoms with E-state index in [0.29, 0.717) is 18.7 Å². The first kappa shape index (κ1) is 19.9. The lowest BCUT2D eigenvalue weighted by Crippen LogP contribution is -2.36. The van der Waals surface area contributed by atoms with Crippen LogP contribution in [0.3, 0.4) is 0 Å². The van der Waals surface area contributed by atoms with Gasteiger partial charge in [-0.15, -0.1) is 0 Å². The highest BCUT2D eigenvalue weighted by molar-refractivity contribution is 5.95. The summed E-state index contributed by atoms with van der Waals surface area (Å²) >= 11 is 0. The van der Waals surface area contributed by atoms with Gasteiger partial charge in [0.15, 0.2) is 6.61 Å². The van der Waals surface area contributed by atoms with Crippen LogP contribution in [-0.4, -0.2) is 50.5 Å². The average molecular weight is 381 g/mol. The molecule has 1 aliphatic rings. The van der Waals surface area contributed by atoms with E-state index in [2.05, 4.69) is 22.3 Å². The fourth-order valence-electron chi connectivity index (χ4n) is 3.35. The Bertz CT molecular complexity index is 808. The molecule has 28 heavy (non-hydrogen) atoms. The Kier molecular flexibility index (Phi) is 6.66. The number of rotatable bonds is 8. The van der Waals surface area contributed by atoms with Crippen molar-refractivity contribution >= 4 is 17.5 Å². The summed E-state index contributed by atoms with van der Waals surface area (Å²) in [5, 5.41) is 2.94. The Morgan fingerprint density at radius 1 is 1.18 bits per heavy atom. The largest absolute Gasteiger partial charge is 0.484 e. The second kappa shape index (κ2) is 9.37. The molecule has 1 N–H and O–H groups in total. The highest BCUT2D eigenvalue weighted by Gasteiger charge is 2.22. The first-order valence-corrected chi connectivity index (χ1v) is 9.56. The number of benzene rings is 2. The first-order chi connectivity index (χ1) is 13.5. The number of carbonyl (C=O) groups excluding carboxylic acids is 2. The van der Waals surface area contributed by atoms with Gasteiger partial charge in [-0.05, 0) is 38.2 Å². The maximum atomic E-state index is 12.2. The van der Waals surface area contributed by atoms with Crippen LogP contribution in [0.5, 0.6) is 5.75 Å². The summed E-state index contributed by atoms with van der Waals surface area (Å²) in [4.78, 5) is 28.0. The van der Waals surface area contributed by atoms with E-state index >= 15 is 0 Å². The predicted molar refractivity (Wildman–Crippen MR) is 109 cm³/mol. The summed E-state index contributed by atoms with van der Waals surface area (Å²) in [5.41, 5.74) is 1.97. The summed E-state index contributed by atoms with van der Waals surface area (Å²) < 4.78 is 5.64. The smallest absolute Gasteiger partial charge is 0.258 e. The maximum absolute atomic E-state index is 12.2. The molecule has 1 fully saturated rings. The lowest BCUT2D eigenvalue weighted by atomic mass is 10.1. The van der Waals surface area contributed by atoms with E-state index in [1.54, 1.807) is 11.0 Å². The quantitative estimate of drug-likeness (QED) is 0.764. The van der Waals surface area contributed by atoms with Gasteiger partial charge < -0.3 is 19.9 Å². The van der Waals surface area contributed by atoms with Crippen LogP contribution in [0.25, 0.3) is 0 Å². The third-order valence-corrected chi connectivity index (χ3v) is 4.87. The molecule has 6 nitrogen and oxygen atoms in total. The summed E-state index contributed by atoms with van der Waals surface area (Å²) in [6.45, 7) is 1.17. The van der Waals surface area contributed by atoms with Crippen molar-refractivity contribution in [3.63, 3.8) is 0 Å². The van der Waals surface area contributed by atoms with Crippen molar-refractivity contribution in [2.45, 2.75) is 18.9 Å². The fourth-order valence-corrected chi connectivity index (χ4v) is 3.35. The minimum absolute atomic E-state index is 0.0632. The van der Waals surface area contributed by atoms with E-state index in [1.165, 1.54) is 0 Å². The summed E-state index contributed by atoms with van der Waals surface area (Å²) in [7, 11) is 3.98. The molecule has 2 aromatic carbocycles. The number of hydrogen-bond acceptors (Lipinski definition) is 4. The van der Waals surface area contributed by atoms with Gasteiger partial charge in [-0.2, -0.15) is 0 Å². The van der Waals surface area contributed by atoms with Crippen LogP contribution >= 0.6 is 0 Å². The Morgan fingerprint density at radius 3 is 2.64 bits per heavy atom. The number of likely N-dealkylation sites (N-methyl/N-ethyl adjacent to an activating group) is 1. The van der Waals surface area contributed by atoms with Crippen molar-refractivity contribution in [3.8, 4) is 5.75 Å². The first-order valence-electron chi connectivity index (χ1n) is 9.56. The monoisotopic (exact) mass is 381 g/mol. The standard InChI is InChI=1S/C22H27N3O3/c1-24(2)20(17-8-4-3-5-9-17)15-23-21(26)16-28-19-11-6-10-18(14-19)25-13-7-12-22(25)27/h3-6,8-11,14,20H,7,12-13,15-16H2,1-2H3,(H,23,26)/t20-/m1/s1. The van der Waals surface area contributed by atoms with Gasteiger partial charge in [-0.3, -0.25) is 9.59 Å². The Morgan fingerprint density at radius 2 is 1.96 bits per heavy atom. The Labute approximate surface area is 166 Å². The predicted octanol–water partition coefficient (Wildman–Crippen LogP) is 2.61. The number of anilines is 1. The van der Waals surface area contributed by atoms with Crippen LogP contribution in [0, 0.1) is 0 Å². The van der Waals surface area contributed by atoms with Gasteiger partial charge in [-0.25, -0.2) is 0 Å². The molecule has 148 valence electrons. The number of nitrogens with zero attached hydrogens (tertiary/aromatic N) is 2. The van der Waals surface area contributed by atoms with Crippen molar-refractivity contribution in [1.82, 2.24) is 10.2 Å². The van der Waals surface area contributed by atoms with Crippen LogP contribution < -0.4 is 15.0 Å². The number of amides is 2. The summed E-state index contributed by atoms with van der Waals surface area (Å²) in [5.74, 6) is 0.538. The zero-order valence-corrected chi connectivity index (χ0v) is 16.4. The molecule has 0 saturated carbocycles. The second-order valence-corrected chi connectivity index (χ2v) is 7.13. The number of hydrogen-bond donors (Lipinski definition) is 1. The molecule has 1 heterocycles. The van der Waals surface area contributed by atoms with Crippen molar-refractivity contribution < 1.29 is 14.3 Å². The topological polar surface area (TPSA) is 61.9 Å². The van der Waals surface area contributed by atoms with E-state index in [0.717, 1.165) is 24.2 Å². The van der Waals surface area contributed by atoms with Gasteiger partial charge in [0.05, 0.1) is 6.04 Å². The number of ether oxygens (including phenoxy) is 1. The molecule has 3 rings (SSSR count). The van der Waals surface area contributed by atoms with Crippen LogP contribution in [0.15, 0.2) is 54.6 Å². The molecular weight excluding hydrogens is 354 g/mol. The molecule has 6 heteroatoms. The van der Waals surface area contributed by atoms with Gasteiger partial charge in [0.2, 0.25) is 5.91 Å². The lowest BCUT2D eigenvalue weighted by molar-refractivity contribution is -0.123. The minimum Gasteiger partial charge on any atom is -0.484 e. The van der Waals surface area contributed by atoms with Crippen LogP contribution in [0.1, 0.15) is 24.4 Å². The minimum atomic E-state index is -0.176. The number of nitrogens with one attached hydrogen (secondary N) is 1. The normalized spacial score (nSPS) is 15.0. The van der Waals surface area contributed by atoms with Crippen molar-refractivity contribution in [2.24, 2.45) is 0 Å². The van der Waals surface area contributed by atoms with Crippen LogP contribution in [0.2, 0.25) is 0 Å². The lowest BCUT2D eigenvalue weighted by Gasteiger charge is -2.25. The van der Waals surface area contributed by atoms with E-state index in [9.17, 15) is 9.59 Å². The Balaban J connectivity index is 1.52. The van der Waals surface area contributed by atoms with E-state index in [-0.39, 0.29) is 24.5 Å². The number of carbonyl (C=O) groups is 2. The highest BCUT2D eigenvalue weighted by atomic mass is 16.5. The molecule has 1 aliphatic heterocycles. The molecule has 0 unspecified atom stereocenters. The SMILES string of the molecule is CN(C)[C@H](CNC(=O)COc1cccc(N2CCCC2=O)c1)c1ccccc1. The molecule has 0 aliphatic carbocycles. The van der Waals surface area contributed by atoms with Crippen LogP contribution in [-0.2, 0) is 9.59 Å². The molecule has 2 aromatic rings. The average Bonchev–Trinajstić information content (AvgIpc) is 3.13. The third kappa shape index (κ3) is 5.10. The van der Waals surface area contributed by atoms with Gasteiger partial charge in [0.25, 0.3) is 5.91 Å². The zero-order chi connectivity index (χ0) is 19.9. The summed E-state index contributed by atoms with van der Waals surface area (Å²) in [6.07, 6.45) is 1.46. The van der Waals surface area contributed by atoms with Gasteiger partial charge in [0.1, 0.15) is 5.75 Å². The van der Waals surface area contributed by atoms with E-state index < -0.39 is 0 Å². The fraction of sp³-hybridized carbons (Fsp3) is 0.364. The molecule has 2 amide bonds. The van der Waals surface area contributed by atoms with E-state index in [1.807, 2.05) is 50.5 Å². The van der Waals surface area contributed by atoms with Crippen molar-refractivity contribution in [3.05, 3.63) is 60.2 Å². The maximum Gasteiger partial charge on any atom is 0.258 e. The molecule has 0 aromatic heterocycles. The molecular formula is C22H27N3O3. The van der Waals surface area contributed by atoms with Gasteiger partial charge in [0, 0.05) is 31.3 Å². The third-order valence-electron chi connectivity index (χ3n) is 4.87. The summed E-state index contributed by atoms with van der Waals surface area (Å²) in [6, 6.07) is 17.5. The van der Waals surface area contributed by atoms with E-state index in [4.69, 9.17) is 4.74 Å². The van der Waals surface area contributed by atoms with Gasteiger partial charge >= 0.3 is 0 Å². The van der Waals surface area contributed by atoms with Crippen molar-refractivity contribution in [1.29, 1.82) is 0 Å². The molecule has 1 saturated heterocycles.